The van der Waals surface area contributed by atoms with E-state index >= 15 is 0 Å². The van der Waals surface area contributed by atoms with Crippen molar-refractivity contribution in [3.8, 4) is 0 Å². The third kappa shape index (κ3) is 3.78. The van der Waals surface area contributed by atoms with Gasteiger partial charge in [0.15, 0.2) is 0 Å². The lowest BCUT2D eigenvalue weighted by Gasteiger charge is -2.09. The highest BCUT2D eigenvalue weighted by molar-refractivity contribution is 4.91. The van der Waals surface area contributed by atoms with Crippen molar-refractivity contribution >= 4 is 0 Å². The Morgan fingerprint density at radius 2 is 2.29 bits per heavy atom. The molecule has 1 N–H and O–H groups in total. The van der Waals surface area contributed by atoms with Crippen LogP contribution in [0.5, 0.6) is 0 Å². The van der Waals surface area contributed by atoms with Gasteiger partial charge in [0.2, 0.25) is 11.7 Å². The second-order valence-electron chi connectivity index (χ2n) is 4.47. The Balaban J connectivity index is 1.80. The zero-order chi connectivity index (χ0) is 12.1. The number of ether oxygens (including phenoxy) is 1. The summed E-state index contributed by atoms with van der Waals surface area (Å²) in [6, 6.07) is 0. The summed E-state index contributed by atoms with van der Waals surface area (Å²) in [4.78, 5) is 4.35. The van der Waals surface area contributed by atoms with Crippen molar-refractivity contribution in [3.05, 3.63) is 11.7 Å². The van der Waals surface area contributed by atoms with Crippen molar-refractivity contribution in [3.63, 3.8) is 0 Å². The van der Waals surface area contributed by atoms with E-state index in [4.69, 9.17) is 9.26 Å². The van der Waals surface area contributed by atoms with Crippen molar-refractivity contribution in [1.82, 2.24) is 15.5 Å². The maximum atomic E-state index is 5.54. The molecule has 1 heterocycles. The van der Waals surface area contributed by atoms with Crippen molar-refractivity contribution < 1.29 is 9.26 Å². The first kappa shape index (κ1) is 12.5. The average Bonchev–Trinajstić information content (AvgIpc) is 3.04. The number of nitrogens with one attached hydrogen (secondary N) is 1. The predicted octanol–water partition coefficient (Wildman–Crippen LogP) is 2.06. The second kappa shape index (κ2) is 6.12. The van der Waals surface area contributed by atoms with E-state index in [1.807, 2.05) is 6.92 Å². The minimum absolute atomic E-state index is 0.0408. The highest BCUT2D eigenvalue weighted by Crippen LogP contribution is 2.27. The summed E-state index contributed by atoms with van der Waals surface area (Å²) in [5, 5.41) is 7.30. The van der Waals surface area contributed by atoms with E-state index in [1.54, 1.807) is 0 Å². The first-order chi connectivity index (χ1) is 8.33. The van der Waals surface area contributed by atoms with Crippen LogP contribution in [0.2, 0.25) is 0 Å². The Kier molecular flexibility index (Phi) is 4.50. The zero-order valence-electron chi connectivity index (χ0n) is 10.6. The van der Waals surface area contributed by atoms with Gasteiger partial charge in [-0.3, -0.25) is 0 Å². The van der Waals surface area contributed by atoms with Crippen LogP contribution in [0.3, 0.4) is 0 Å². The highest BCUT2D eigenvalue weighted by Gasteiger charge is 2.21. The minimum atomic E-state index is -0.0408. The molecule has 17 heavy (non-hydrogen) atoms. The largest absolute Gasteiger partial charge is 0.370 e. The molecule has 5 nitrogen and oxygen atoms in total. The molecule has 2 rings (SSSR count). The average molecular weight is 239 g/mol. The van der Waals surface area contributed by atoms with Crippen LogP contribution in [0.15, 0.2) is 4.52 Å². The van der Waals surface area contributed by atoms with Gasteiger partial charge in [-0.25, -0.2) is 0 Å². The molecule has 0 amide bonds. The van der Waals surface area contributed by atoms with E-state index in [1.165, 1.54) is 12.8 Å². The third-order valence-electron chi connectivity index (χ3n) is 2.92. The quantitative estimate of drug-likeness (QED) is 0.752. The Hall–Kier alpha value is -0.940. The van der Waals surface area contributed by atoms with E-state index in [2.05, 4.69) is 22.4 Å². The van der Waals surface area contributed by atoms with E-state index < -0.39 is 0 Å². The van der Waals surface area contributed by atoms with Crippen LogP contribution in [0.1, 0.15) is 50.9 Å². The maximum absolute atomic E-state index is 5.54. The fourth-order valence-corrected chi connectivity index (χ4v) is 1.75. The van der Waals surface area contributed by atoms with Gasteiger partial charge in [0.1, 0.15) is 6.10 Å². The Morgan fingerprint density at radius 3 is 2.94 bits per heavy atom. The Bertz CT molecular complexity index is 336. The molecule has 0 aromatic carbocycles. The molecule has 0 aliphatic heterocycles. The first-order valence-electron chi connectivity index (χ1n) is 6.48. The Labute approximate surface area is 102 Å². The standard InChI is InChI=1S/C12H21N3O2/c1-3-10(16-4-2)12-14-11(17-15-12)8-13-7-9-5-6-9/h9-10,13H,3-8H2,1-2H3. The van der Waals surface area contributed by atoms with E-state index in [-0.39, 0.29) is 6.10 Å². The van der Waals surface area contributed by atoms with Crippen molar-refractivity contribution in [2.24, 2.45) is 5.92 Å². The summed E-state index contributed by atoms with van der Waals surface area (Å²) in [5.41, 5.74) is 0. The summed E-state index contributed by atoms with van der Waals surface area (Å²) in [6.45, 7) is 6.41. The number of nitrogens with zero attached hydrogens (tertiary/aromatic N) is 2. The normalized spacial score (nSPS) is 17.3. The fourth-order valence-electron chi connectivity index (χ4n) is 1.75. The third-order valence-corrected chi connectivity index (χ3v) is 2.92. The van der Waals surface area contributed by atoms with Gasteiger partial charge in [0.05, 0.1) is 6.54 Å². The molecular weight excluding hydrogens is 218 g/mol. The van der Waals surface area contributed by atoms with E-state index in [0.29, 0.717) is 24.9 Å². The lowest BCUT2D eigenvalue weighted by atomic mass is 10.2. The molecule has 1 aliphatic rings. The topological polar surface area (TPSA) is 60.2 Å². The molecule has 0 saturated heterocycles. The Morgan fingerprint density at radius 1 is 1.47 bits per heavy atom. The van der Waals surface area contributed by atoms with Gasteiger partial charge >= 0.3 is 0 Å². The number of rotatable bonds is 8. The smallest absolute Gasteiger partial charge is 0.240 e. The van der Waals surface area contributed by atoms with Gasteiger partial charge in [-0.2, -0.15) is 4.98 Å². The van der Waals surface area contributed by atoms with E-state index in [0.717, 1.165) is 18.9 Å². The molecule has 96 valence electrons. The summed E-state index contributed by atoms with van der Waals surface area (Å²) in [5.74, 6) is 2.18. The molecule has 1 aliphatic carbocycles. The number of aromatic nitrogens is 2. The summed E-state index contributed by atoms with van der Waals surface area (Å²) in [6.07, 6.45) is 3.53. The SMILES string of the molecule is CCOC(CC)c1noc(CNCC2CC2)n1. The molecular formula is C12H21N3O2. The number of hydrogen-bond donors (Lipinski definition) is 1. The van der Waals surface area contributed by atoms with Crippen LogP contribution in [-0.4, -0.2) is 23.3 Å². The second-order valence-corrected chi connectivity index (χ2v) is 4.47. The monoisotopic (exact) mass is 239 g/mol. The van der Waals surface area contributed by atoms with Gasteiger partial charge < -0.3 is 14.6 Å². The molecule has 1 atom stereocenters. The summed E-state index contributed by atoms with van der Waals surface area (Å²) >= 11 is 0. The molecule has 0 bridgehead atoms. The molecule has 1 aromatic rings. The summed E-state index contributed by atoms with van der Waals surface area (Å²) in [7, 11) is 0. The van der Waals surface area contributed by atoms with Crippen LogP contribution >= 0.6 is 0 Å². The van der Waals surface area contributed by atoms with Crippen molar-refractivity contribution in [1.29, 1.82) is 0 Å². The van der Waals surface area contributed by atoms with Gasteiger partial charge in [0, 0.05) is 6.61 Å². The summed E-state index contributed by atoms with van der Waals surface area (Å²) < 4.78 is 10.7. The van der Waals surface area contributed by atoms with Crippen LogP contribution in [0.25, 0.3) is 0 Å². The van der Waals surface area contributed by atoms with Crippen LogP contribution in [0.4, 0.5) is 0 Å². The molecule has 5 heteroatoms. The molecule has 1 aromatic heterocycles. The van der Waals surface area contributed by atoms with Gasteiger partial charge in [-0.15, -0.1) is 0 Å². The maximum Gasteiger partial charge on any atom is 0.240 e. The highest BCUT2D eigenvalue weighted by atomic mass is 16.5. The van der Waals surface area contributed by atoms with E-state index in [9.17, 15) is 0 Å². The van der Waals surface area contributed by atoms with Crippen LogP contribution in [-0.2, 0) is 11.3 Å². The van der Waals surface area contributed by atoms with Gasteiger partial charge in [0.25, 0.3) is 0 Å². The lowest BCUT2D eigenvalue weighted by molar-refractivity contribution is 0.0518. The molecule has 1 fully saturated rings. The van der Waals surface area contributed by atoms with Gasteiger partial charge in [-0.05, 0) is 38.6 Å². The van der Waals surface area contributed by atoms with Crippen molar-refractivity contribution in [2.75, 3.05) is 13.2 Å². The fraction of sp³-hybridized carbons (Fsp3) is 0.833. The minimum Gasteiger partial charge on any atom is -0.370 e. The molecule has 0 radical (unpaired) electrons. The molecule has 0 spiro atoms. The molecule has 1 saturated carbocycles. The molecule has 1 unspecified atom stereocenters. The van der Waals surface area contributed by atoms with Gasteiger partial charge in [-0.1, -0.05) is 12.1 Å². The predicted molar refractivity (Wildman–Crippen MR) is 63.4 cm³/mol. The first-order valence-corrected chi connectivity index (χ1v) is 6.48. The van der Waals surface area contributed by atoms with Crippen molar-refractivity contribution in [2.45, 2.75) is 45.8 Å². The zero-order valence-corrected chi connectivity index (χ0v) is 10.6. The lowest BCUT2D eigenvalue weighted by Crippen LogP contribution is -2.16. The van der Waals surface area contributed by atoms with Crippen LogP contribution < -0.4 is 5.32 Å². The number of hydrogen-bond acceptors (Lipinski definition) is 5. The van der Waals surface area contributed by atoms with Crippen LogP contribution in [0, 0.1) is 5.92 Å².